The predicted molar refractivity (Wildman–Crippen MR) is 85.8 cm³/mol. The Kier molecular flexibility index (Phi) is 5.41. The third kappa shape index (κ3) is 3.90. The summed E-state index contributed by atoms with van der Waals surface area (Å²) in [4.78, 5) is 25.6. The minimum Gasteiger partial charge on any atom is -0.394 e. The van der Waals surface area contributed by atoms with Crippen molar-refractivity contribution in [1.29, 1.82) is 0 Å². The van der Waals surface area contributed by atoms with Crippen LogP contribution >= 0.6 is 0 Å². The lowest BCUT2D eigenvalue weighted by molar-refractivity contribution is -0.137. The number of aryl methyl sites for hydroxylation is 2. The van der Waals surface area contributed by atoms with E-state index < -0.39 is 5.54 Å². The van der Waals surface area contributed by atoms with E-state index in [1.165, 1.54) is 6.92 Å². The lowest BCUT2D eigenvalue weighted by Crippen LogP contribution is -2.52. The van der Waals surface area contributed by atoms with E-state index >= 15 is 0 Å². The lowest BCUT2D eigenvalue weighted by atomic mass is 9.92. The van der Waals surface area contributed by atoms with Crippen LogP contribution in [0.1, 0.15) is 37.6 Å². The average Bonchev–Trinajstić information content (AvgIpc) is 3.03. The smallest absolute Gasteiger partial charge is 0.222 e. The average molecular weight is 322 g/mol. The van der Waals surface area contributed by atoms with Crippen molar-refractivity contribution in [2.45, 2.75) is 52.1 Å². The molecular weight excluding hydrogens is 296 g/mol. The van der Waals surface area contributed by atoms with Crippen molar-refractivity contribution in [2.75, 3.05) is 19.7 Å². The summed E-state index contributed by atoms with van der Waals surface area (Å²) in [5.41, 5.74) is 1.27. The number of nitrogens with zero attached hydrogens (tertiary/aromatic N) is 3. The van der Waals surface area contributed by atoms with Crippen LogP contribution in [0.25, 0.3) is 0 Å². The van der Waals surface area contributed by atoms with Crippen LogP contribution in [0.2, 0.25) is 0 Å². The fraction of sp³-hybridized carbons (Fsp3) is 0.688. The zero-order chi connectivity index (χ0) is 17.0. The van der Waals surface area contributed by atoms with Gasteiger partial charge >= 0.3 is 0 Å². The van der Waals surface area contributed by atoms with Gasteiger partial charge in [-0.05, 0) is 32.8 Å². The first kappa shape index (κ1) is 17.5. The molecule has 23 heavy (non-hydrogen) atoms. The van der Waals surface area contributed by atoms with Crippen molar-refractivity contribution in [1.82, 2.24) is 20.0 Å². The first-order valence-corrected chi connectivity index (χ1v) is 8.05. The van der Waals surface area contributed by atoms with Gasteiger partial charge in [0.2, 0.25) is 11.8 Å². The van der Waals surface area contributed by atoms with Crippen molar-refractivity contribution >= 4 is 11.8 Å². The van der Waals surface area contributed by atoms with Crippen molar-refractivity contribution in [3.05, 3.63) is 17.5 Å². The molecule has 1 aromatic rings. The monoisotopic (exact) mass is 322 g/mol. The van der Waals surface area contributed by atoms with Crippen molar-refractivity contribution in [2.24, 2.45) is 0 Å². The van der Waals surface area contributed by atoms with E-state index in [9.17, 15) is 14.7 Å². The fourth-order valence-electron chi connectivity index (χ4n) is 3.40. The van der Waals surface area contributed by atoms with E-state index in [1.54, 1.807) is 4.90 Å². The zero-order valence-corrected chi connectivity index (χ0v) is 14.1. The molecule has 7 heteroatoms. The molecule has 1 fully saturated rings. The van der Waals surface area contributed by atoms with Gasteiger partial charge in [0.15, 0.2) is 0 Å². The number of amides is 2. The maximum atomic E-state index is 12.2. The van der Waals surface area contributed by atoms with Crippen LogP contribution in [0.15, 0.2) is 6.07 Å². The molecule has 0 bridgehead atoms. The molecule has 1 aliphatic rings. The van der Waals surface area contributed by atoms with Gasteiger partial charge in [0, 0.05) is 25.7 Å². The Labute approximate surface area is 136 Å². The topological polar surface area (TPSA) is 87.5 Å². The molecule has 2 N–H and O–H groups in total. The molecule has 1 saturated heterocycles. The summed E-state index contributed by atoms with van der Waals surface area (Å²) >= 11 is 0. The maximum Gasteiger partial charge on any atom is 0.222 e. The standard InChI is InChI=1S/C16H26N4O3/c1-12-9-13(2)20(18-12)8-6-17-15(23)10-16(11-21)5-4-7-19(16)14(3)22/h9,21H,4-8,10-11H2,1-3H3,(H,17,23)/t16-/m1/s1. The Bertz CT molecular complexity index is 584. The van der Waals surface area contributed by atoms with Crippen LogP contribution in [0, 0.1) is 13.8 Å². The third-order valence-electron chi connectivity index (χ3n) is 4.51. The summed E-state index contributed by atoms with van der Waals surface area (Å²) < 4.78 is 1.86. The molecule has 1 aliphatic heterocycles. The molecular formula is C16H26N4O3. The molecule has 2 rings (SSSR count). The van der Waals surface area contributed by atoms with Gasteiger partial charge in [0.05, 0.1) is 30.8 Å². The molecule has 7 nitrogen and oxygen atoms in total. The van der Waals surface area contributed by atoms with Crippen LogP contribution in [-0.4, -0.2) is 56.8 Å². The molecule has 0 saturated carbocycles. The Morgan fingerprint density at radius 2 is 2.17 bits per heavy atom. The van der Waals surface area contributed by atoms with Crippen molar-refractivity contribution in [3.63, 3.8) is 0 Å². The highest BCUT2D eigenvalue weighted by atomic mass is 16.3. The third-order valence-corrected chi connectivity index (χ3v) is 4.51. The summed E-state index contributed by atoms with van der Waals surface area (Å²) in [7, 11) is 0. The Morgan fingerprint density at radius 3 is 2.74 bits per heavy atom. The Hall–Kier alpha value is -1.89. The fourth-order valence-corrected chi connectivity index (χ4v) is 3.40. The molecule has 0 aliphatic carbocycles. The van der Waals surface area contributed by atoms with Gasteiger partial charge in [-0.3, -0.25) is 14.3 Å². The number of likely N-dealkylation sites (tertiary alicyclic amines) is 1. The summed E-state index contributed by atoms with van der Waals surface area (Å²) in [5.74, 6) is -0.235. The van der Waals surface area contributed by atoms with Gasteiger partial charge in [-0.1, -0.05) is 0 Å². The normalized spacial score (nSPS) is 20.8. The summed E-state index contributed by atoms with van der Waals surface area (Å²) in [5, 5.41) is 17.0. The Balaban J connectivity index is 1.88. The number of nitrogens with one attached hydrogen (secondary N) is 1. The van der Waals surface area contributed by atoms with E-state index in [-0.39, 0.29) is 24.8 Å². The molecule has 1 atom stereocenters. The zero-order valence-electron chi connectivity index (χ0n) is 14.1. The Morgan fingerprint density at radius 1 is 1.43 bits per heavy atom. The van der Waals surface area contributed by atoms with E-state index in [0.717, 1.165) is 17.8 Å². The lowest BCUT2D eigenvalue weighted by Gasteiger charge is -2.36. The summed E-state index contributed by atoms with van der Waals surface area (Å²) in [6, 6.07) is 1.99. The molecule has 0 radical (unpaired) electrons. The SMILES string of the molecule is CC(=O)N1CCC[C@]1(CO)CC(=O)NCCn1nc(C)cc1C. The second kappa shape index (κ2) is 7.12. The minimum absolute atomic E-state index is 0.0907. The first-order valence-electron chi connectivity index (χ1n) is 8.05. The number of aromatic nitrogens is 2. The second-order valence-corrected chi connectivity index (χ2v) is 6.33. The van der Waals surface area contributed by atoms with Crippen LogP contribution in [0.5, 0.6) is 0 Å². The predicted octanol–water partition coefficient (Wildman–Crippen LogP) is 0.380. The van der Waals surface area contributed by atoms with Gasteiger partial charge in [0.1, 0.15) is 0 Å². The van der Waals surface area contributed by atoms with E-state index in [0.29, 0.717) is 26.1 Å². The molecule has 2 heterocycles. The van der Waals surface area contributed by atoms with E-state index in [1.807, 2.05) is 24.6 Å². The van der Waals surface area contributed by atoms with Gasteiger partial charge in [0.25, 0.3) is 0 Å². The largest absolute Gasteiger partial charge is 0.394 e. The van der Waals surface area contributed by atoms with Crippen molar-refractivity contribution < 1.29 is 14.7 Å². The second-order valence-electron chi connectivity index (χ2n) is 6.33. The molecule has 1 aromatic heterocycles. The number of aliphatic hydroxyl groups excluding tert-OH is 1. The quantitative estimate of drug-likeness (QED) is 0.792. The first-order chi connectivity index (χ1) is 10.9. The van der Waals surface area contributed by atoms with Gasteiger partial charge in [-0.25, -0.2) is 0 Å². The molecule has 128 valence electrons. The molecule has 0 aromatic carbocycles. The molecule has 2 amide bonds. The molecule has 0 spiro atoms. The summed E-state index contributed by atoms with van der Waals surface area (Å²) in [6.45, 7) is 6.90. The summed E-state index contributed by atoms with van der Waals surface area (Å²) in [6.07, 6.45) is 1.62. The number of hydrogen-bond acceptors (Lipinski definition) is 4. The minimum atomic E-state index is -0.742. The van der Waals surface area contributed by atoms with Gasteiger partial charge < -0.3 is 15.3 Å². The van der Waals surface area contributed by atoms with Gasteiger partial charge in [-0.15, -0.1) is 0 Å². The number of hydrogen-bond donors (Lipinski definition) is 2. The number of carbonyl (C=O) groups excluding carboxylic acids is 2. The maximum absolute atomic E-state index is 12.2. The van der Waals surface area contributed by atoms with Crippen LogP contribution < -0.4 is 5.32 Å². The highest BCUT2D eigenvalue weighted by Gasteiger charge is 2.43. The van der Waals surface area contributed by atoms with E-state index in [4.69, 9.17) is 0 Å². The van der Waals surface area contributed by atoms with E-state index in [2.05, 4.69) is 10.4 Å². The van der Waals surface area contributed by atoms with Crippen molar-refractivity contribution in [3.8, 4) is 0 Å². The van der Waals surface area contributed by atoms with Crippen LogP contribution in [0.3, 0.4) is 0 Å². The van der Waals surface area contributed by atoms with Crippen LogP contribution in [0.4, 0.5) is 0 Å². The van der Waals surface area contributed by atoms with Gasteiger partial charge in [-0.2, -0.15) is 5.10 Å². The number of rotatable bonds is 6. The number of carbonyl (C=O) groups is 2. The van der Waals surface area contributed by atoms with Crippen LogP contribution in [-0.2, 0) is 16.1 Å². The molecule has 0 unspecified atom stereocenters. The highest BCUT2D eigenvalue weighted by Crippen LogP contribution is 2.32. The number of aliphatic hydroxyl groups is 1. The highest BCUT2D eigenvalue weighted by molar-refractivity contribution is 5.80.